The summed E-state index contributed by atoms with van der Waals surface area (Å²) in [6.45, 7) is 0.945. The molecule has 106 valence electrons. The van der Waals surface area contributed by atoms with Crippen LogP contribution in [0.15, 0.2) is 36.7 Å². The van der Waals surface area contributed by atoms with Gasteiger partial charge < -0.3 is 0 Å². The number of aryl methyl sites for hydroxylation is 1. The Balaban J connectivity index is 1.86. The molecule has 0 atom stereocenters. The van der Waals surface area contributed by atoms with Crippen molar-refractivity contribution in [1.82, 2.24) is 14.7 Å². The summed E-state index contributed by atoms with van der Waals surface area (Å²) in [4.78, 5) is 13.8. The van der Waals surface area contributed by atoms with E-state index in [4.69, 9.17) is 0 Å². The van der Waals surface area contributed by atoms with Crippen LogP contribution in [0.2, 0.25) is 0 Å². The number of aromatic nitrogens is 2. The van der Waals surface area contributed by atoms with E-state index in [0.29, 0.717) is 18.7 Å². The minimum atomic E-state index is -0.323. The average molecular weight is 275 g/mol. The van der Waals surface area contributed by atoms with Crippen LogP contribution in [0.3, 0.4) is 0 Å². The molecule has 0 fully saturated rings. The number of benzene rings is 1. The Kier molecular flexibility index (Phi) is 4.63. The highest BCUT2D eigenvalue weighted by Gasteiger charge is 2.11. The van der Waals surface area contributed by atoms with E-state index >= 15 is 0 Å². The third kappa shape index (κ3) is 3.99. The molecule has 0 aliphatic heterocycles. The largest absolute Gasteiger partial charge is 0.298 e. The second-order valence-electron chi connectivity index (χ2n) is 5.00. The molecule has 0 radical (unpaired) electrons. The molecule has 0 aliphatic rings. The van der Waals surface area contributed by atoms with E-state index in [9.17, 15) is 9.18 Å². The van der Waals surface area contributed by atoms with Gasteiger partial charge in [0.05, 0.1) is 12.7 Å². The lowest BCUT2D eigenvalue weighted by Gasteiger charge is -2.14. The van der Waals surface area contributed by atoms with E-state index < -0.39 is 0 Å². The van der Waals surface area contributed by atoms with Crippen molar-refractivity contribution in [3.63, 3.8) is 0 Å². The first-order chi connectivity index (χ1) is 9.54. The van der Waals surface area contributed by atoms with E-state index in [1.807, 2.05) is 25.2 Å². The molecule has 5 heteroatoms. The van der Waals surface area contributed by atoms with Crippen LogP contribution in [0, 0.1) is 5.82 Å². The molecule has 1 aromatic carbocycles. The second kappa shape index (κ2) is 6.43. The number of Topliss-reactive ketones (excluding diaryl/α,β-unsaturated/α-hetero) is 1. The van der Waals surface area contributed by atoms with Gasteiger partial charge in [0.15, 0.2) is 5.78 Å². The molecule has 1 heterocycles. The highest BCUT2D eigenvalue weighted by molar-refractivity contribution is 5.82. The highest BCUT2D eigenvalue weighted by Crippen LogP contribution is 2.08. The molecule has 20 heavy (non-hydrogen) atoms. The smallest absolute Gasteiger partial charge is 0.151 e. The average Bonchev–Trinajstić information content (AvgIpc) is 2.77. The van der Waals surface area contributed by atoms with E-state index in [0.717, 1.165) is 5.56 Å². The predicted molar refractivity (Wildman–Crippen MR) is 74.7 cm³/mol. The second-order valence-corrected chi connectivity index (χ2v) is 5.00. The molecule has 0 aliphatic carbocycles. The van der Waals surface area contributed by atoms with Gasteiger partial charge in [-0.2, -0.15) is 5.10 Å². The number of carbonyl (C=O) groups is 1. The fraction of sp³-hybridized carbons (Fsp3) is 0.333. The molecule has 2 aromatic rings. The van der Waals surface area contributed by atoms with Gasteiger partial charge in [-0.05, 0) is 18.7 Å². The third-order valence-electron chi connectivity index (χ3n) is 3.00. The molecule has 0 N–H and O–H groups in total. The zero-order valence-corrected chi connectivity index (χ0v) is 11.7. The first-order valence-corrected chi connectivity index (χ1v) is 6.46. The van der Waals surface area contributed by atoms with E-state index in [2.05, 4.69) is 5.10 Å². The van der Waals surface area contributed by atoms with Crippen molar-refractivity contribution in [1.29, 1.82) is 0 Å². The van der Waals surface area contributed by atoms with Gasteiger partial charge in [-0.1, -0.05) is 18.2 Å². The Bertz CT molecular complexity index is 594. The Labute approximate surface area is 117 Å². The van der Waals surface area contributed by atoms with Crippen LogP contribution in [0.25, 0.3) is 0 Å². The fourth-order valence-corrected chi connectivity index (χ4v) is 2.13. The van der Waals surface area contributed by atoms with Crippen LogP contribution < -0.4 is 0 Å². The molecular formula is C15H18FN3O. The predicted octanol–water partition coefficient (Wildman–Crippen LogP) is 1.80. The molecule has 0 saturated heterocycles. The van der Waals surface area contributed by atoms with Crippen molar-refractivity contribution >= 4 is 5.78 Å². The van der Waals surface area contributed by atoms with Gasteiger partial charge in [0.25, 0.3) is 0 Å². The van der Waals surface area contributed by atoms with Crippen LogP contribution in [0.4, 0.5) is 4.39 Å². The third-order valence-corrected chi connectivity index (χ3v) is 3.00. The van der Waals surface area contributed by atoms with Crippen LogP contribution in [-0.2, 0) is 24.8 Å². The lowest BCUT2D eigenvalue weighted by molar-refractivity contribution is -0.119. The van der Waals surface area contributed by atoms with Crippen molar-refractivity contribution in [3.8, 4) is 0 Å². The quantitative estimate of drug-likeness (QED) is 0.807. The molecule has 1 aromatic heterocycles. The van der Waals surface area contributed by atoms with Crippen LogP contribution in [0.1, 0.15) is 11.1 Å². The van der Waals surface area contributed by atoms with Crippen molar-refractivity contribution in [3.05, 3.63) is 53.6 Å². The molecular weight excluding hydrogens is 257 g/mol. The van der Waals surface area contributed by atoms with Crippen molar-refractivity contribution < 1.29 is 9.18 Å². The standard InChI is InChI=1S/C15H18FN3O/c1-18(9-12-8-17-19(2)10-12)11-14(20)7-13-5-3-4-6-15(13)16/h3-6,8,10H,7,9,11H2,1-2H3. The summed E-state index contributed by atoms with van der Waals surface area (Å²) in [7, 11) is 3.72. The van der Waals surface area contributed by atoms with E-state index in [1.54, 1.807) is 29.1 Å². The maximum atomic E-state index is 13.5. The Hall–Kier alpha value is -2.01. The molecule has 0 saturated carbocycles. The summed E-state index contributed by atoms with van der Waals surface area (Å²) in [5.74, 6) is -0.322. The van der Waals surface area contributed by atoms with Gasteiger partial charge in [0.2, 0.25) is 0 Å². The lowest BCUT2D eigenvalue weighted by atomic mass is 10.1. The number of nitrogens with zero attached hydrogens (tertiary/aromatic N) is 3. The summed E-state index contributed by atoms with van der Waals surface area (Å²) < 4.78 is 15.2. The summed E-state index contributed by atoms with van der Waals surface area (Å²) >= 11 is 0. The van der Waals surface area contributed by atoms with Gasteiger partial charge in [0.1, 0.15) is 5.82 Å². The lowest BCUT2D eigenvalue weighted by Crippen LogP contribution is -2.26. The SMILES string of the molecule is CN(CC(=O)Cc1ccccc1F)Cc1cnn(C)c1. The molecule has 4 nitrogen and oxygen atoms in total. The monoisotopic (exact) mass is 275 g/mol. The Morgan fingerprint density at radius 2 is 2.15 bits per heavy atom. The van der Waals surface area contributed by atoms with Crippen molar-refractivity contribution in [2.45, 2.75) is 13.0 Å². The maximum absolute atomic E-state index is 13.5. The van der Waals surface area contributed by atoms with Crippen molar-refractivity contribution in [2.24, 2.45) is 7.05 Å². The van der Waals surface area contributed by atoms with Crippen LogP contribution >= 0.6 is 0 Å². The summed E-state index contributed by atoms with van der Waals surface area (Å²) in [6.07, 6.45) is 3.82. The van der Waals surface area contributed by atoms with Gasteiger partial charge in [0, 0.05) is 31.8 Å². The summed E-state index contributed by atoms with van der Waals surface area (Å²) in [6, 6.07) is 6.39. The molecule has 0 amide bonds. The number of carbonyl (C=O) groups excluding carboxylic acids is 1. The number of hydrogen-bond acceptors (Lipinski definition) is 3. The Morgan fingerprint density at radius 3 is 2.80 bits per heavy atom. The molecule has 0 unspecified atom stereocenters. The van der Waals surface area contributed by atoms with Gasteiger partial charge in [-0.25, -0.2) is 4.39 Å². The van der Waals surface area contributed by atoms with Crippen molar-refractivity contribution in [2.75, 3.05) is 13.6 Å². The topological polar surface area (TPSA) is 38.1 Å². The number of ketones is 1. The minimum Gasteiger partial charge on any atom is -0.298 e. The zero-order chi connectivity index (χ0) is 14.5. The normalized spacial score (nSPS) is 11.0. The van der Waals surface area contributed by atoms with Gasteiger partial charge in [-0.15, -0.1) is 0 Å². The summed E-state index contributed by atoms with van der Waals surface area (Å²) in [5.41, 5.74) is 1.50. The number of halogens is 1. The number of hydrogen-bond donors (Lipinski definition) is 0. The highest BCUT2D eigenvalue weighted by atomic mass is 19.1. The Morgan fingerprint density at radius 1 is 1.40 bits per heavy atom. The zero-order valence-electron chi connectivity index (χ0n) is 11.7. The number of likely N-dealkylation sites (N-methyl/N-ethyl adjacent to an activating group) is 1. The van der Waals surface area contributed by atoms with Crippen LogP contribution in [0.5, 0.6) is 0 Å². The minimum absolute atomic E-state index is 0.00138. The summed E-state index contributed by atoms with van der Waals surface area (Å²) in [5, 5.41) is 4.08. The fourth-order valence-electron chi connectivity index (χ4n) is 2.13. The molecule has 0 bridgehead atoms. The maximum Gasteiger partial charge on any atom is 0.151 e. The number of rotatable bonds is 6. The van der Waals surface area contributed by atoms with Gasteiger partial charge >= 0.3 is 0 Å². The van der Waals surface area contributed by atoms with Crippen LogP contribution in [-0.4, -0.2) is 34.1 Å². The van der Waals surface area contributed by atoms with E-state index in [-0.39, 0.29) is 18.0 Å². The van der Waals surface area contributed by atoms with Gasteiger partial charge in [-0.3, -0.25) is 14.4 Å². The molecule has 0 spiro atoms. The first kappa shape index (κ1) is 14.4. The first-order valence-electron chi connectivity index (χ1n) is 6.46. The van der Waals surface area contributed by atoms with E-state index in [1.165, 1.54) is 6.07 Å². The molecule has 2 rings (SSSR count).